The maximum absolute atomic E-state index is 11.7. The van der Waals surface area contributed by atoms with Crippen LogP contribution in [0.5, 0.6) is 0 Å². The second kappa shape index (κ2) is 5.80. The van der Waals surface area contributed by atoms with Gasteiger partial charge in [0.15, 0.2) is 0 Å². The first-order valence-corrected chi connectivity index (χ1v) is 5.71. The molecule has 3 N–H and O–H groups in total. The van der Waals surface area contributed by atoms with E-state index in [0.717, 1.165) is 5.56 Å². The number of rotatable bonds is 5. The molecule has 1 rings (SSSR count). The van der Waals surface area contributed by atoms with Gasteiger partial charge in [-0.2, -0.15) is 0 Å². The van der Waals surface area contributed by atoms with Crippen molar-refractivity contribution in [3.05, 3.63) is 35.4 Å². The van der Waals surface area contributed by atoms with Gasteiger partial charge >= 0.3 is 0 Å². The van der Waals surface area contributed by atoms with Crippen molar-refractivity contribution in [2.75, 3.05) is 13.2 Å². The van der Waals surface area contributed by atoms with Gasteiger partial charge < -0.3 is 10.2 Å². The molecule has 0 radical (unpaired) electrons. The summed E-state index contributed by atoms with van der Waals surface area (Å²) in [7, 11) is 0. The second-order valence-corrected chi connectivity index (χ2v) is 4.64. The van der Waals surface area contributed by atoms with Crippen LogP contribution in [0.15, 0.2) is 24.3 Å². The van der Waals surface area contributed by atoms with E-state index in [0.29, 0.717) is 18.7 Å². The van der Waals surface area contributed by atoms with E-state index in [4.69, 9.17) is 10.7 Å². The molecule has 0 bridgehead atoms. The molecule has 0 atom stereocenters. The number of carbonyl (C=O) groups excluding carboxylic acids is 1. The molecule has 0 saturated heterocycles. The lowest BCUT2D eigenvalue weighted by Crippen LogP contribution is -2.27. The first-order valence-electron chi connectivity index (χ1n) is 5.71. The van der Waals surface area contributed by atoms with Crippen molar-refractivity contribution in [2.24, 2.45) is 5.90 Å². The Kier molecular flexibility index (Phi) is 4.66. The summed E-state index contributed by atoms with van der Waals surface area (Å²) in [5.41, 5.74) is 1.48. The molecule has 1 aromatic carbocycles. The van der Waals surface area contributed by atoms with E-state index in [1.54, 1.807) is 6.07 Å². The molecule has 0 aliphatic heterocycles. The minimum atomic E-state index is -0.211. The Balaban J connectivity index is 2.96. The zero-order chi connectivity index (χ0) is 12.9. The molecule has 17 heavy (non-hydrogen) atoms. The largest absolute Gasteiger partial charge is 0.352 e. The van der Waals surface area contributed by atoms with Crippen LogP contribution in [0, 0.1) is 0 Å². The molecule has 4 nitrogen and oxygen atoms in total. The molecular weight excluding hydrogens is 216 g/mol. The molecule has 94 valence electrons. The lowest BCUT2D eigenvalue weighted by molar-refractivity contribution is 0.0946. The molecule has 1 amide bonds. The highest BCUT2D eigenvalue weighted by Crippen LogP contribution is 2.23. The molecule has 1 aromatic rings. The van der Waals surface area contributed by atoms with Crippen molar-refractivity contribution in [2.45, 2.75) is 26.2 Å². The zero-order valence-corrected chi connectivity index (χ0v) is 10.6. The number of nitrogens with one attached hydrogen (secondary N) is 1. The molecule has 0 fully saturated rings. The van der Waals surface area contributed by atoms with Gasteiger partial charge in [-0.05, 0) is 24.6 Å². The third-order valence-corrected chi connectivity index (χ3v) is 2.69. The molecule has 4 heteroatoms. The van der Waals surface area contributed by atoms with Gasteiger partial charge in [0.05, 0.1) is 6.61 Å². The minimum Gasteiger partial charge on any atom is -0.352 e. The van der Waals surface area contributed by atoms with Gasteiger partial charge in [0, 0.05) is 17.5 Å². The van der Waals surface area contributed by atoms with E-state index < -0.39 is 0 Å². The number of benzene rings is 1. The van der Waals surface area contributed by atoms with Gasteiger partial charge in [0.1, 0.15) is 0 Å². The van der Waals surface area contributed by atoms with Gasteiger partial charge in [-0.25, -0.2) is 5.90 Å². The fourth-order valence-electron chi connectivity index (χ4n) is 1.64. The van der Waals surface area contributed by atoms with Gasteiger partial charge in [0.2, 0.25) is 0 Å². The maximum atomic E-state index is 11.7. The van der Waals surface area contributed by atoms with E-state index in [1.807, 2.05) is 39.0 Å². The van der Waals surface area contributed by atoms with Gasteiger partial charge in [0.25, 0.3) is 5.91 Å². The summed E-state index contributed by atoms with van der Waals surface area (Å²) in [6.07, 6.45) is 0. The zero-order valence-electron chi connectivity index (χ0n) is 10.6. The summed E-state index contributed by atoms with van der Waals surface area (Å²) < 4.78 is 0. The predicted molar refractivity (Wildman–Crippen MR) is 67.6 cm³/mol. The lowest BCUT2D eigenvalue weighted by atomic mass is 9.85. The standard InChI is InChI=1S/C13H20N2O2/c1-4-15-12(16)10-6-5-7-11(8-10)13(2,3)9-17-14/h5-8H,4,9,14H2,1-3H3,(H,15,16). The van der Waals surface area contributed by atoms with Crippen LogP contribution in [0.3, 0.4) is 0 Å². The molecule has 0 heterocycles. The molecule has 0 aliphatic rings. The van der Waals surface area contributed by atoms with Crippen LogP contribution in [-0.2, 0) is 10.3 Å². The second-order valence-electron chi connectivity index (χ2n) is 4.64. The Bertz CT molecular complexity index is 389. The summed E-state index contributed by atoms with van der Waals surface area (Å²) in [4.78, 5) is 16.4. The average Bonchev–Trinajstić information content (AvgIpc) is 2.29. The molecule has 0 saturated carbocycles. The van der Waals surface area contributed by atoms with Crippen LogP contribution in [0.4, 0.5) is 0 Å². The lowest BCUT2D eigenvalue weighted by Gasteiger charge is -2.24. The Morgan fingerprint density at radius 3 is 2.76 bits per heavy atom. The summed E-state index contributed by atoms with van der Waals surface area (Å²) in [5, 5.41) is 2.78. The molecule has 0 aliphatic carbocycles. The van der Waals surface area contributed by atoms with Crippen LogP contribution < -0.4 is 11.2 Å². The van der Waals surface area contributed by atoms with Crippen molar-refractivity contribution >= 4 is 5.91 Å². The highest BCUT2D eigenvalue weighted by molar-refractivity contribution is 5.94. The number of hydrogen-bond acceptors (Lipinski definition) is 3. The van der Waals surface area contributed by atoms with E-state index in [1.165, 1.54) is 0 Å². The minimum absolute atomic E-state index is 0.0567. The van der Waals surface area contributed by atoms with E-state index in [2.05, 4.69) is 5.32 Å². The van der Waals surface area contributed by atoms with Crippen molar-refractivity contribution < 1.29 is 9.63 Å². The van der Waals surface area contributed by atoms with Crippen LogP contribution in [0.1, 0.15) is 36.7 Å². The fourth-order valence-corrected chi connectivity index (χ4v) is 1.64. The molecule has 0 aromatic heterocycles. The number of amides is 1. The third kappa shape index (κ3) is 3.54. The smallest absolute Gasteiger partial charge is 0.251 e. The van der Waals surface area contributed by atoms with Gasteiger partial charge in [-0.1, -0.05) is 26.0 Å². The highest BCUT2D eigenvalue weighted by atomic mass is 16.6. The van der Waals surface area contributed by atoms with Crippen LogP contribution >= 0.6 is 0 Å². The first kappa shape index (κ1) is 13.7. The number of carbonyl (C=O) groups is 1. The maximum Gasteiger partial charge on any atom is 0.251 e. The Morgan fingerprint density at radius 1 is 1.47 bits per heavy atom. The quantitative estimate of drug-likeness (QED) is 0.763. The van der Waals surface area contributed by atoms with E-state index in [9.17, 15) is 4.79 Å². The molecule has 0 unspecified atom stereocenters. The van der Waals surface area contributed by atoms with Crippen molar-refractivity contribution in [1.29, 1.82) is 0 Å². The van der Waals surface area contributed by atoms with Crippen molar-refractivity contribution in [1.82, 2.24) is 5.32 Å². The Morgan fingerprint density at radius 2 is 2.18 bits per heavy atom. The predicted octanol–water partition coefficient (Wildman–Crippen LogP) is 1.60. The number of hydrogen-bond donors (Lipinski definition) is 2. The van der Waals surface area contributed by atoms with Crippen LogP contribution in [-0.4, -0.2) is 19.1 Å². The summed E-state index contributed by atoms with van der Waals surface area (Å²) in [6, 6.07) is 7.53. The monoisotopic (exact) mass is 236 g/mol. The van der Waals surface area contributed by atoms with Gasteiger partial charge in [-0.15, -0.1) is 0 Å². The SMILES string of the molecule is CCNC(=O)c1cccc(C(C)(C)CON)c1. The Labute approximate surface area is 102 Å². The average molecular weight is 236 g/mol. The Hall–Kier alpha value is -1.39. The molecular formula is C13H20N2O2. The van der Waals surface area contributed by atoms with E-state index in [-0.39, 0.29) is 11.3 Å². The summed E-state index contributed by atoms with van der Waals surface area (Å²) in [5.74, 6) is 5.06. The highest BCUT2D eigenvalue weighted by Gasteiger charge is 2.21. The van der Waals surface area contributed by atoms with Crippen molar-refractivity contribution in [3.63, 3.8) is 0 Å². The summed E-state index contributed by atoms with van der Waals surface area (Å²) in [6.45, 7) is 6.98. The number of nitrogens with two attached hydrogens (primary N) is 1. The third-order valence-electron chi connectivity index (χ3n) is 2.69. The summed E-state index contributed by atoms with van der Waals surface area (Å²) >= 11 is 0. The normalized spacial score (nSPS) is 11.3. The van der Waals surface area contributed by atoms with Crippen molar-refractivity contribution in [3.8, 4) is 0 Å². The van der Waals surface area contributed by atoms with Crippen LogP contribution in [0.2, 0.25) is 0 Å². The molecule has 0 spiro atoms. The topological polar surface area (TPSA) is 64.3 Å². The first-order chi connectivity index (χ1) is 8.01. The van der Waals surface area contributed by atoms with Crippen LogP contribution in [0.25, 0.3) is 0 Å². The van der Waals surface area contributed by atoms with Gasteiger partial charge in [-0.3, -0.25) is 4.79 Å². The fraction of sp³-hybridized carbons (Fsp3) is 0.462. The van der Waals surface area contributed by atoms with E-state index >= 15 is 0 Å².